The number of aromatic nitrogens is 3. The lowest BCUT2D eigenvalue weighted by atomic mass is 9.82. The number of anilines is 1. The molecule has 1 saturated carbocycles. The van der Waals surface area contributed by atoms with E-state index in [9.17, 15) is 4.39 Å². The molecule has 6 atom stereocenters. The smallest absolute Gasteiger partial charge is 0.319 e. The highest BCUT2D eigenvalue weighted by Crippen LogP contribution is 2.50. The molecular weight excluding hydrogens is 643 g/mol. The number of rotatable bonds is 7. The van der Waals surface area contributed by atoms with Crippen LogP contribution in [0.1, 0.15) is 56.7 Å². The molecule has 4 aromatic rings. The summed E-state index contributed by atoms with van der Waals surface area (Å²) in [7, 11) is 1.51. The van der Waals surface area contributed by atoms with Gasteiger partial charge in [-0.25, -0.2) is 18.2 Å². The van der Waals surface area contributed by atoms with Crippen LogP contribution >= 0.6 is 0 Å². The van der Waals surface area contributed by atoms with Crippen LogP contribution in [0, 0.1) is 41.7 Å². The lowest BCUT2D eigenvalue weighted by molar-refractivity contribution is 0.0512. The average Bonchev–Trinajstić information content (AvgIpc) is 3.75. The Hall–Kier alpha value is -4.14. The zero-order valence-electron chi connectivity index (χ0n) is 28.4. The Labute approximate surface area is 289 Å². The largest absolute Gasteiger partial charge is 0.468 e. The molecular formula is C39H40F3N5O3. The van der Waals surface area contributed by atoms with Crippen molar-refractivity contribution < 1.29 is 27.4 Å². The fourth-order valence-electron chi connectivity index (χ4n) is 10.1. The zero-order valence-corrected chi connectivity index (χ0v) is 28.4. The molecule has 0 radical (unpaired) electrons. The van der Waals surface area contributed by atoms with Gasteiger partial charge in [-0.15, -0.1) is 6.42 Å². The van der Waals surface area contributed by atoms with E-state index in [4.69, 9.17) is 35.6 Å². The van der Waals surface area contributed by atoms with E-state index in [2.05, 4.69) is 22.6 Å². The van der Waals surface area contributed by atoms with Gasteiger partial charge in [-0.1, -0.05) is 18.9 Å². The maximum Gasteiger partial charge on any atom is 0.319 e. The minimum Gasteiger partial charge on any atom is -0.468 e. The fourth-order valence-corrected chi connectivity index (χ4v) is 10.1. The van der Waals surface area contributed by atoms with Crippen molar-refractivity contribution in [2.45, 2.75) is 69.6 Å². The molecule has 0 spiro atoms. The van der Waals surface area contributed by atoms with E-state index in [-0.39, 0.29) is 48.1 Å². The molecule has 11 heteroatoms. The molecule has 0 unspecified atom stereocenters. The van der Waals surface area contributed by atoms with Gasteiger partial charge in [-0.05, 0) is 86.4 Å². The molecule has 9 rings (SSSR count). The number of pyridine rings is 1. The number of benzene rings is 2. The standard InChI is InChI=1S/C39H40F3N5O3/c1-4-27-29(41)9-8-23-14-26(50-20-48-3)15-28(31(23)27)34-33(42)35-32-30(43-34)12-21(2)36-24-7-6-22(13-24)17-47(36)37(32)45-38(44-35)49-19-39-10-5-11-46(39)18-25(40)16-39/h1,8-9,14-15,21-22,24-25,36H,5-7,10-13,16-20H2,2-3H3/t21-,22+,24-,25-,36+,39+/m1/s1. The summed E-state index contributed by atoms with van der Waals surface area (Å²) in [4.78, 5) is 19.4. The van der Waals surface area contributed by atoms with Gasteiger partial charge in [0.25, 0.3) is 0 Å². The van der Waals surface area contributed by atoms with Crippen LogP contribution in [0.4, 0.5) is 19.0 Å². The molecule has 8 nitrogen and oxygen atoms in total. The third kappa shape index (κ3) is 4.93. The van der Waals surface area contributed by atoms with E-state index in [0.29, 0.717) is 70.2 Å². The summed E-state index contributed by atoms with van der Waals surface area (Å²) < 4.78 is 64.7. The lowest BCUT2D eigenvalue weighted by Gasteiger charge is -2.43. The van der Waals surface area contributed by atoms with Crippen LogP contribution < -0.4 is 14.4 Å². The van der Waals surface area contributed by atoms with Gasteiger partial charge in [-0.2, -0.15) is 9.97 Å². The van der Waals surface area contributed by atoms with Gasteiger partial charge in [0.05, 0.1) is 22.2 Å². The number of halogens is 3. The summed E-state index contributed by atoms with van der Waals surface area (Å²) in [6.07, 6.45) is 11.3. The highest BCUT2D eigenvalue weighted by Gasteiger charge is 2.50. The maximum atomic E-state index is 17.4. The van der Waals surface area contributed by atoms with Crippen molar-refractivity contribution in [1.82, 2.24) is 19.9 Å². The molecule has 2 aromatic carbocycles. The van der Waals surface area contributed by atoms with Crippen LogP contribution in [0.3, 0.4) is 0 Å². The first-order chi connectivity index (χ1) is 24.3. The number of methoxy groups -OCH3 is 1. The van der Waals surface area contributed by atoms with Gasteiger partial charge in [0.2, 0.25) is 0 Å². The van der Waals surface area contributed by atoms with Crippen LogP contribution in [0.15, 0.2) is 24.3 Å². The second-order valence-corrected chi connectivity index (χ2v) is 15.1. The minimum atomic E-state index is -0.906. The predicted octanol–water partition coefficient (Wildman–Crippen LogP) is 6.84. The number of fused-ring (bicyclic) bond motifs is 7. The molecule has 2 aromatic heterocycles. The van der Waals surface area contributed by atoms with Crippen LogP contribution in [-0.2, 0) is 11.2 Å². The van der Waals surface area contributed by atoms with Gasteiger partial charge in [0.1, 0.15) is 41.4 Å². The number of nitrogens with zero attached hydrogens (tertiary/aromatic N) is 5. The quantitative estimate of drug-likeness (QED) is 0.155. The van der Waals surface area contributed by atoms with Gasteiger partial charge in [0, 0.05) is 43.6 Å². The first-order valence-electron chi connectivity index (χ1n) is 17.8. The Morgan fingerprint density at radius 3 is 2.80 bits per heavy atom. The molecule has 4 aliphatic heterocycles. The summed E-state index contributed by atoms with van der Waals surface area (Å²) in [5, 5.41) is 1.52. The Morgan fingerprint density at radius 1 is 1.08 bits per heavy atom. The zero-order chi connectivity index (χ0) is 34.3. The first-order valence-corrected chi connectivity index (χ1v) is 17.8. The summed E-state index contributed by atoms with van der Waals surface area (Å²) in [5.74, 6) is 3.51. The van der Waals surface area contributed by atoms with Gasteiger partial charge < -0.3 is 19.1 Å². The highest BCUT2D eigenvalue weighted by molar-refractivity contribution is 6.03. The lowest BCUT2D eigenvalue weighted by Crippen LogP contribution is -2.49. The molecule has 1 aliphatic carbocycles. The van der Waals surface area contributed by atoms with Gasteiger partial charge >= 0.3 is 6.01 Å². The van der Waals surface area contributed by atoms with Crippen molar-refractivity contribution in [3.63, 3.8) is 0 Å². The number of alkyl halides is 1. The molecule has 2 bridgehead atoms. The average molecular weight is 684 g/mol. The second-order valence-electron chi connectivity index (χ2n) is 15.1. The van der Waals surface area contributed by atoms with E-state index in [0.717, 1.165) is 32.4 Å². The van der Waals surface area contributed by atoms with Crippen molar-refractivity contribution in [3.05, 3.63) is 47.2 Å². The van der Waals surface area contributed by atoms with E-state index < -0.39 is 23.3 Å². The fraction of sp³-hybridized carbons (Fsp3) is 0.513. The van der Waals surface area contributed by atoms with Crippen molar-refractivity contribution >= 4 is 27.5 Å². The van der Waals surface area contributed by atoms with E-state index in [1.165, 1.54) is 26.0 Å². The Morgan fingerprint density at radius 2 is 1.96 bits per heavy atom. The summed E-state index contributed by atoms with van der Waals surface area (Å²) >= 11 is 0. The van der Waals surface area contributed by atoms with Crippen LogP contribution in [0.5, 0.6) is 11.8 Å². The Balaban J connectivity index is 1.26. The van der Waals surface area contributed by atoms with Crippen molar-refractivity contribution in [2.24, 2.45) is 17.8 Å². The van der Waals surface area contributed by atoms with Gasteiger partial charge in [0.15, 0.2) is 12.6 Å². The molecule has 6 heterocycles. The minimum absolute atomic E-state index is 0.00304. The SMILES string of the molecule is C#Cc1c(F)ccc2cc(OCOC)cc(-c3nc4c5c(nc(OC[C@@]67CCCN6C[C@H](F)C7)nc5c3F)N3C[C@H]5CC[C@H](C5)[C@@H]3[C@H](C)C4)c12. The number of hydrogen-bond donors (Lipinski definition) is 0. The van der Waals surface area contributed by atoms with Crippen molar-refractivity contribution in [3.8, 4) is 35.4 Å². The van der Waals surface area contributed by atoms with Crippen LogP contribution in [-0.4, -0.2) is 77.7 Å². The number of hydrogen-bond acceptors (Lipinski definition) is 8. The third-order valence-electron chi connectivity index (χ3n) is 12.1. The maximum absolute atomic E-state index is 17.4. The van der Waals surface area contributed by atoms with Crippen LogP contribution in [0.25, 0.3) is 32.9 Å². The Bertz CT molecular complexity index is 2070. The predicted molar refractivity (Wildman–Crippen MR) is 184 cm³/mol. The second kappa shape index (κ2) is 12.0. The molecule has 4 fully saturated rings. The first kappa shape index (κ1) is 31.8. The number of piperidine rings is 1. The summed E-state index contributed by atoms with van der Waals surface area (Å²) in [6.45, 7) is 4.49. The summed E-state index contributed by atoms with van der Waals surface area (Å²) in [5.41, 5.74) is 0.678. The normalized spacial score (nSPS) is 28.5. The van der Waals surface area contributed by atoms with Gasteiger partial charge in [-0.3, -0.25) is 4.90 Å². The van der Waals surface area contributed by atoms with Crippen molar-refractivity contribution in [1.29, 1.82) is 0 Å². The Kier molecular flexibility index (Phi) is 7.63. The number of terminal acetylenes is 1. The van der Waals surface area contributed by atoms with Crippen molar-refractivity contribution in [2.75, 3.05) is 45.0 Å². The molecule has 50 heavy (non-hydrogen) atoms. The monoisotopic (exact) mass is 683 g/mol. The highest BCUT2D eigenvalue weighted by atomic mass is 19.1. The molecule has 3 saturated heterocycles. The third-order valence-corrected chi connectivity index (χ3v) is 12.1. The van der Waals surface area contributed by atoms with E-state index >= 15 is 8.78 Å². The molecule has 0 amide bonds. The topological polar surface area (TPSA) is 72.8 Å². The molecule has 5 aliphatic rings. The summed E-state index contributed by atoms with van der Waals surface area (Å²) in [6, 6.07) is 6.54. The molecule has 260 valence electrons. The van der Waals surface area contributed by atoms with Crippen LogP contribution in [0.2, 0.25) is 0 Å². The van der Waals surface area contributed by atoms with E-state index in [1.807, 2.05) is 0 Å². The van der Waals surface area contributed by atoms with E-state index in [1.54, 1.807) is 18.2 Å². The molecule has 0 N–H and O–H groups in total. The number of ether oxygens (including phenoxy) is 3.